The molecule has 0 bridgehead atoms. The average molecular weight is 281 g/mol. The summed E-state index contributed by atoms with van der Waals surface area (Å²) >= 11 is 0. The highest BCUT2D eigenvalue weighted by molar-refractivity contribution is 5.29. The van der Waals surface area contributed by atoms with E-state index in [-0.39, 0.29) is 18.0 Å². The molecular formula is C16H24FNO2. The second-order valence-corrected chi connectivity index (χ2v) is 5.31. The molecule has 1 aliphatic rings. The molecule has 1 fully saturated rings. The van der Waals surface area contributed by atoms with Gasteiger partial charge in [0, 0.05) is 20.1 Å². The molecule has 2 rings (SSSR count). The van der Waals surface area contributed by atoms with Crippen molar-refractivity contribution in [2.24, 2.45) is 0 Å². The zero-order chi connectivity index (χ0) is 14.4. The van der Waals surface area contributed by atoms with Crippen molar-refractivity contribution >= 4 is 0 Å². The molecule has 0 heterocycles. The van der Waals surface area contributed by atoms with Gasteiger partial charge < -0.3 is 14.8 Å². The van der Waals surface area contributed by atoms with E-state index in [1.54, 1.807) is 19.2 Å². The quantitative estimate of drug-likeness (QED) is 0.868. The topological polar surface area (TPSA) is 30.5 Å². The Balaban J connectivity index is 1.95. The summed E-state index contributed by atoms with van der Waals surface area (Å²) in [5, 5.41) is 3.18. The molecule has 0 aromatic heterocycles. The maximum atomic E-state index is 14.0. The Hall–Kier alpha value is -1.13. The number of ether oxygens (including phenoxy) is 2. The van der Waals surface area contributed by atoms with E-state index >= 15 is 0 Å². The molecule has 1 aromatic rings. The van der Waals surface area contributed by atoms with Gasteiger partial charge in [0.25, 0.3) is 0 Å². The molecule has 1 N–H and O–H groups in total. The van der Waals surface area contributed by atoms with Crippen molar-refractivity contribution in [3.05, 3.63) is 29.6 Å². The van der Waals surface area contributed by atoms with Gasteiger partial charge in [-0.2, -0.15) is 0 Å². The zero-order valence-electron chi connectivity index (χ0n) is 12.3. The van der Waals surface area contributed by atoms with Gasteiger partial charge in [-0.1, -0.05) is 13.0 Å². The Morgan fingerprint density at radius 3 is 2.80 bits per heavy atom. The van der Waals surface area contributed by atoms with Crippen molar-refractivity contribution in [2.75, 3.05) is 13.7 Å². The lowest BCUT2D eigenvalue weighted by molar-refractivity contribution is 0.0197. The van der Waals surface area contributed by atoms with E-state index in [9.17, 15) is 4.39 Å². The minimum absolute atomic E-state index is 0.0582. The fourth-order valence-electron chi connectivity index (χ4n) is 2.62. The lowest BCUT2D eigenvalue weighted by atomic mass is 9.95. The molecule has 2 atom stereocenters. The molecule has 112 valence electrons. The second kappa shape index (κ2) is 7.60. The fourth-order valence-corrected chi connectivity index (χ4v) is 2.62. The molecule has 3 nitrogen and oxygen atoms in total. The molecule has 0 saturated heterocycles. The predicted octanol–water partition coefficient (Wildman–Crippen LogP) is 3.27. The van der Waals surface area contributed by atoms with Gasteiger partial charge in [0.2, 0.25) is 0 Å². The minimum atomic E-state index is -0.278. The SMILES string of the molecule is CCNCc1ccc(OC2CCCC(OC)C2)c(F)c1. The Labute approximate surface area is 120 Å². The van der Waals surface area contributed by atoms with E-state index in [0.717, 1.165) is 37.8 Å². The molecule has 0 radical (unpaired) electrons. The normalized spacial score (nSPS) is 22.8. The number of rotatable bonds is 6. The largest absolute Gasteiger partial charge is 0.487 e. The van der Waals surface area contributed by atoms with Crippen LogP contribution in [0, 0.1) is 5.82 Å². The summed E-state index contributed by atoms with van der Waals surface area (Å²) in [6.07, 6.45) is 4.25. The van der Waals surface area contributed by atoms with Crippen molar-refractivity contribution in [3.63, 3.8) is 0 Å². The molecule has 4 heteroatoms. The van der Waals surface area contributed by atoms with Crippen LogP contribution in [0.4, 0.5) is 4.39 Å². The van der Waals surface area contributed by atoms with Crippen molar-refractivity contribution in [2.45, 2.75) is 51.4 Å². The Bertz CT molecular complexity index is 425. The summed E-state index contributed by atoms with van der Waals surface area (Å²) in [5.41, 5.74) is 0.940. The lowest BCUT2D eigenvalue weighted by Gasteiger charge is -2.28. The van der Waals surface area contributed by atoms with Gasteiger partial charge in [-0.15, -0.1) is 0 Å². The van der Waals surface area contributed by atoms with Crippen LogP contribution in [0.2, 0.25) is 0 Å². The van der Waals surface area contributed by atoms with E-state index in [2.05, 4.69) is 5.32 Å². The molecule has 0 amide bonds. The van der Waals surface area contributed by atoms with Gasteiger partial charge in [-0.3, -0.25) is 0 Å². The fraction of sp³-hybridized carbons (Fsp3) is 0.625. The van der Waals surface area contributed by atoms with Gasteiger partial charge in [0.15, 0.2) is 11.6 Å². The van der Waals surface area contributed by atoms with Crippen LogP contribution < -0.4 is 10.1 Å². The molecule has 2 unspecified atom stereocenters. The molecular weight excluding hydrogens is 257 g/mol. The number of nitrogens with one attached hydrogen (secondary N) is 1. The Morgan fingerprint density at radius 2 is 2.10 bits per heavy atom. The van der Waals surface area contributed by atoms with Gasteiger partial charge in [-0.25, -0.2) is 4.39 Å². The van der Waals surface area contributed by atoms with E-state index in [4.69, 9.17) is 9.47 Å². The van der Waals surface area contributed by atoms with Crippen LogP contribution in [0.15, 0.2) is 18.2 Å². The van der Waals surface area contributed by atoms with E-state index in [1.807, 2.05) is 13.0 Å². The van der Waals surface area contributed by atoms with Gasteiger partial charge >= 0.3 is 0 Å². The zero-order valence-corrected chi connectivity index (χ0v) is 12.3. The van der Waals surface area contributed by atoms with Crippen molar-refractivity contribution in [1.82, 2.24) is 5.32 Å². The number of benzene rings is 1. The molecule has 0 spiro atoms. The molecule has 1 aromatic carbocycles. The van der Waals surface area contributed by atoms with E-state index < -0.39 is 0 Å². The van der Waals surface area contributed by atoms with Crippen LogP contribution >= 0.6 is 0 Å². The number of methoxy groups -OCH3 is 1. The van der Waals surface area contributed by atoms with Crippen LogP contribution in [-0.2, 0) is 11.3 Å². The summed E-state index contributed by atoms with van der Waals surface area (Å²) in [7, 11) is 1.73. The summed E-state index contributed by atoms with van der Waals surface area (Å²) < 4.78 is 25.2. The number of hydrogen-bond acceptors (Lipinski definition) is 3. The van der Waals surface area contributed by atoms with Crippen LogP contribution in [0.5, 0.6) is 5.75 Å². The van der Waals surface area contributed by atoms with Crippen LogP contribution in [0.3, 0.4) is 0 Å². The third kappa shape index (κ3) is 4.18. The lowest BCUT2D eigenvalue weighted by Crippen LogP contribution is -2.29. The Kier molecular flexibility index (Phi) is 5.80. The first-order valence-corrected chi connectivity index (χ1v) is 7.41. The van der Waals surface area contributed by atoms with Crippen LogP contribution in [-0.4, -0.2) is 25.9 Å². The second-order valence-electron chi connectivity index (χ2n) is 5.31. The third-order valence-electron chi connectivity index (χ3n) is 3.78. The summed E-state index contributed by atoms with van der Waals surface area (Å²) in [6, 6.07) is 5.20. The first kappa shape index (κ1) is 15.3. The maximum absolute atomic E-state index is 14.0. The third-order valence-corrected chi connectivity index (χ3v) is 3.78. The number of hydrogen-bond donors (Lipinski definition) is 1. The standard InChI is InChI=1S/C16H24FNO2/c1-3-18-11-12-7-8-16(15(17)9-12)20-14-6-4-5-13(10-14)19-2/h7-9,13-14,18H,3-6,10-11H2,1-2H3. The van der Waals surface area contributed by atoms with E-state index in [0.29, 0.717) is 12.3 Å². The van der Waals surface area contributed by atoms with Gasteiger partial charge in [0.05, 0.1) is 6.10 Å². The molecule has 1 saturated carbocycles. The summed E-state index contributed by atoms with van der Waals surface area (Å²) in [6.45, 7) is 3.59. The van der Waals surface area contributed by atoms with E-state index in [1.165, 1.54) is 0 Å². The molecule has 1 aliphatic carbocycles. The minimum Gasteiger partial charge on any atom is -0.487 e. The smallest absolute Gasteiger partial charge is 0.165 e. The first-order valence-electron chi connectivity index (χ1n) is 7.41. The number of halogens is 1. The average Bonchev–Trinajstić information content (AvgIpc) is 2.48. The summed E-state index contributed by atoms with van der Waals surface area (Å²) in [4.78, 5) is 0. The monoisotopic (exact) mass is 281 g/mol. The highest BCUT2D eigenvalue weighted by atomic mass is 19.1. The highest BCUT2D eigenvalue weighted by Crippen LogP contribution is 2.27. The molecule has 20 heavy (non-hydrogen) atoms. The van der Waals surface area contributed by atoms with Crippen molar-refractivity contribution in [3.8, 4) is 5.75 Å². The van der Waals surface area contributed by atoms with Crippen LogP contribution in [0.1, 0.15) is 38.2 Å². The van der Waals surface area contributed by atoms with Gasteiger partial charge in [0.1, 0.15) is 6.10 Å². The van der Waals surface area contributed by atoms with Crippen LogP contribution in [0.25, 0.3) is 0 Å². The first-order chi connectivity index (χ1) is 9.72. The van der Waals surface area contributed by atoms with Gasteiger partial charge in [-0.05, 0) is 43.5 Å². The molecule has 0 aliphatic heterocycles. The summed E-state index contributed by atoms with van der Waals surface area (Å²) in [5.74, 6) is 0.0759. The maximum Gasteiger partial charge on any atom is 0.165 e. The Morgan fingerprint density at radius 1 is 1.30 bits per heavy atom. The highest BCUT2D eigenvalue weighted by Gasteiger charge is 2.23. The van der Waals surface area contributed by atoms with Crippen molar-refractivity contribution in [1.29, 1.82) is 0 Å². The van der Waals surface area contributed by atoms with Crippen molar-refractivity contribution < 1.29 is 13.9 Å². The predicted molar refractivity (Wildman–Crippen MR) is 77.5 cm³/mol.